The lowest BCUT2D eigenvalue weighted by atomic mass is 9.78. The number of halogens is 1. The zero-order valence-corrected chi connectivity index (χ0v) is 15.8. The monoisotopic (exact) mass is 362 g/mol. The van der Waals surface area contributed by atoms with Crippen LogP contribution in [0, 0.1) is 5.82 Å². The number of nitrogens with zero attached hydrogens (tertiary/aromatic N) is 1. The fraction of sp³-hybridized carbons (Fsp3) is 0.667. The topological polar surface area (TPSA) is 41.6 Å². The zero-order chi connectivity index (χ0) is 18.4. The van der Waals surface area contributed by atoms with E-state index in [1.165, 1.54) is 18.9 Å². The summed E-state index contributed by atoms with van der Waals surface area (Å²) in [4.78, 5) is 14.4. The number of carbonyl (C=O) groups excluding carboxylic acids is 1. The summed E-state index contributed by atoms with van der Waals surface area (Å²) in [5.41, 5.74) is 1.25. The number of methoxy groups -OCH3 is 1. The van der Waals surface area contributed by atoms with Gasteiger partial charge < -0.3 is 15.0 Å². The van der Waals surface area contributed by atoms with Crippen LogP contribution >= 0.6 is 0 Å². The number of nitrogens with one attached hydrogen (secondary N) is 1. The van der Waals surface area contributed by atoms with Crippen molar-refractivity contribution in [3.63, 3.8) is 0 Å². The Kier molecular flexibility index (Phi) is 6.65. The highest BCUT2D eigenvalue weighted by Gasteiger charge is 2.38. The standard InChI is InChI=1S/C21H31FN2O2/c1-26-14-9-20(25)23-19-7-12-24(13-8-19)16-21(10-2-3-11-21)17-5-4-6-18(22)15-17/h4-6,15,19H,2-3,7-14,16H2,1H3,(H,23,25). The Hall–Kier alpha value is -1.46. The second-order valence-corrected chi connectivity index (χ2v) is 7.86. The van der Waals surface area contributed by atoms with Gasteiger partial charge in [-0.1, -0.05) is 25.0 Å². The average Bonchev–Trinajstić information content (AvgIpc) is 3.11. The van der Waals surface area contributed by atoms with E-state index in [-0.39, 0.29) is 23.2 Å². The molecule has 1 saturated heterocycles. The van der Waals surface area contributed by atoms with E-state index in [9.17, 15) is 9.18 Å². The molecule has 1 aromatic rings. The summed E-state index contributed by atoms with van der Waals surface area (Å²) in [7, 11) is 1.61. The molecule has 1 aliphatic heterocycles. The predicted octanol–water partition coefficient (Wildman–Crippen LogP) is 3.25. The molecule has 0 unspecified atom stereocenters. The minimum absolute atomic E-state index is 0.0809. The molecule has 144 valence electrons. The molecule has 1 amide bonds. The van der Waals surface area contributed by atoms with Crippen LogP contribution in [0.1, 0.15) is 50.5 Å². The molecular weight excluding hydrogens is 331 g/mol. The molecule has 1 saturated carbocycles. The first-order valence-electron chi connectivity index (χ1n) is 9.88. The normalized spacial score (nSPS) is 21.0. The second kappa shape index (κ2) is 8.96. The predicted molar refractivity (Wildman–Crippen MR) is 101 cm³/mol. The molecule has 1 N–H and O–H groups in total. The van der Waals surface area contributed by atoms with Crippen molar-refractivity contribution in [3.8, 4) is 0 Å². The summed E-state index contributed by atoms with van der Waals surface area (Å²) in [6.07, 6.45) is 7.13. The molecule has 2 fully saturated rings. The molecule has 0 radical (unpaired) electrons. The molecule has 0 bridgehead atoms. The van der Waals surface area contributed by atoms with Crippen molar-refractivity contribution in [2.24, 2.45) is 0 Å². The third kappa shape index (κ3) is 4.83. The highest BCUT2D eigenvalue weighted by Crippen LogP contribution is 2.42. The molecule has 1 aliphatic carbocycles. The third-order valence-electron chi connectivity index (χ3n) is 6.01. The highest BCUT2D eigenvalue weighted by molar-refractivity contribution is 5.76. The first-order chi connectivity index (χ1) is 12.6. The zero-order valence-electron chi connectivity index (χ0n) is 15.8. The molecule has 2 aliphatic rings. The third-order valence-corrected chi connectivity index (χ3v) is 6.01. The molecule has 0 spiro atoms. The minimum atomic E-state index is -0.133. The van der Waals surface area contributed by atoms with Gasteiger partial charge in [-0.25, -0.2) is 4.39 Å². The van der Waals surface area contributed by atoms with E-state index in [1.54, 1.807) is 13.2 Å². The van der Waals surface area contributed by atoms with Crippen molar-refractivity contribution in [1.82, 2.24) is 10.2 Å². The van der Waals surface area contributed by atoms with Gasteiger partial charge in [-0.2, -0.15) is 0 Å². The summed E-state index contributed by atoms with van der Waals surface area (Å²) in [5.74, 6) is -0.0522. The van der Waals surface area contributed by atoms with E-state index >= 15 is 0 Å². The van der Waals surface area contributed by atoms with Crippen LogP contribution in [0.2, 0.25) is 0 Å². The Morgan fingerprint density at radius 3 is 2.69 bits per heavy atom. The molecule has 26 heavy (non-hydrogen) atoms. The lowest BCUT2D eigenvalue weighted by molar-refractivity contribution is -0.123. The summed E-state index contributed by atoms with van der Waals surface area (Å²) in [6, 6.07) is 7.46. The van der Waals surface area contributed by atoms with Gasteiger partial charge in [0, 0.05) is 44.6 Å². The fourth-order valence-electron chi connectivity index (χ4n) is 4.57. The van der Waals surface area contributed by atoms with Gasteiger partial charge in [-0.05, 0) is 43.4 Å². The van der Waals surface area contributed by atoms with Crippen molar-refractivity contribution in [2.75, 3.05) is 33.4 Å². The lowest BCUT2D eigenvalue weighted by Gasteiger charge is -2.39. The number of ether oxygens (including phenoxy) is 1. The molecule has 5 heteroatoms. The Labute approximate surface area is 156 Å². The number of amides is 1. The van der Waals surface area contributed by atoms with Gasteiger partial charge in [0.05, 0.1) is 6.61 Å². The maximum atomic E-state index is 13.8. The Morgan fingerprint density at radius 1 is 1.31 bits per heavy atom. The number of likely N-dealkylation sites (tertiary alicyclic amines) is 1. The van der Waals surface area contributed by atoms with E-state index in [0.717, 1.165) is 50.9 Å². The van der Waals surface area contributed by atoms with Crippen molar-refractivity contribution in [3.05, 3.63) is 35.6 Å². The number of rotatable bonds is 7. The first-order valence-corrected chi connectivity index (χ1v) is 9.88. The van der Waals surface area contributed by atoms with Crippen LogP contribution < -0.4 is 5.32 Å². The minimum Gasteiger partial charge on any atom is -0.384 e. The molecule has 3 rings (SSSR count). The largest absolute Gasteiger partial charge is 0.384 e. The summed E-state index contributed by atoms with van der Waals surface area (Å²) >= 11 is 0. The van der Waals surface area contributed by atoms with Crippen molar-refractivity contribution in [1.29, 1.82) is 0 Å². The van der Waals surface area contributed by atoms with Gasteiger partial charge in [0.15, 0.2) is 0 Å². The van der Waals surface area contributed by atoms with E-state index in [1.807, 2.05) is 6.07 Å². The smallest absolute Gasteiger partial charge is 0.222 e. The lowest BCUT2D eigenvalue weighted by Crippen LogP contribution is -2.48. The number of hydrogen-bond acceptors (Lipinski definition) is 3. The molecule has 0 atom stereocenters. The molecule has 4 nitrogen and oxygen atoms in total. The van der Waals surface area contributed by atoms with Crippen LogP contribution in [-0.2, 0) is 14.9 Å². The number of hydrogen-bond donors (Lipinski definition) is 1. The van der Waals surface area contributed by atoms with Crippen LogP contribution in [0.15, 0.2) is 24.3 Å². The van der Waals surface area contributed by atoms with E-state index in [0.29, 0.717) is 13.0 Å². The van der Waals surface area contributed by atoms with E-state index in [4.69, 9.17) is 4.74 Å². The molecule has 1 heterocycles. The van der Waals surface area contributed by atoms with Crippen molar-refractivity contribution in [2.45, 2.75) is 56.4 Å². The van der Waals surface area contributed by atoms with Crippen molar-refractivity contribution >= 4 is 5.91 Å². The fourth-order valence-corrected chi connectivity index (χ4v) is 4.57. The van der Waals surface area contributed by atoms with Gasteiger partial charge in [-0.15, -0.1) is 0 Å². The maximum absolute atomic E-state index is 13.8. The SMILES string of the molecule is COCCC(=O)NC1CCN(CC2(c3cccc(F)c3)CCCC2)CC1. The average molecular weight is 362 g/mol. The second-order valence-electron chi connectivity index (χ2n) is 7.86. The Balaban J connectivity index is 1.55. The number of benzene rings is 1. The first kappa shape index (κ1) is 19.3. The van der Waals surface area contributed by atoms with Crippen LogP contribution in [0.5, 0.6) is 0 Å². The number of carbonyl (C=O) groups is 1. The summed E-state index contributed by atoms with van der Waals surface area (Å²) in [5, 5.41) is 3.12. The van der Waals surface area contributed by atoms with Crippen molar-refractivity contribution < 1.29 is 13.9 Å². The maximum Gasteiger partial charge on any atom is 0.222 e. The number of piperidine rings is 1. The van der Waals surface area contributed by atoms with Gasteiger partial charge in [-0.3, -0.25) is 4.79 Å². The molecule has 0 aromatic heterocycles. The van der Waals surface area contributed by atoms with Gasteiger partial charge in [0.1, 0.15) is 5.82 Å². The van der Waals surface area contributed by atoms with Gasteiger partial charge in [0.2, 0.25) is 5.91 Å². The Bertz CT molecular complexity index is 593. The van der Waals surface area contributed by atoms with Crippen LogP contribution in [0.3, 0.4) is 0 Å². The van der Waals surface area contributed by atoms with E-state index < -0.39 is 0 Å². The van der Waals surface area contributed by atoms with Gasteiger partial charge >= 0.3 is 0 Å². The highest BCUT2D eigenvalue weighted by atomic mass is 19.1. The van der Waals surface area contributed by atoms with Crippen LogP contribution in [-0.4, -0.2) is 50.2 Å². The van der Waals surface area contributed by atoms with E-state index in [2.05, 4.69) is 16.3 Å². The molecular formula is C21H31FN2O2. The summed E-state index contributed by atoms with van der Waals surface area (Å²) in [6.45, 7) is 3.46. The van der Waals surface area contributed by atoms with Crippen LogP contribution in [0.25, 0.3) is 0 Å². The van der Waals surface area contributed by atoms with Crippen LogP contribution in [0.4, 0.5) is 4.39 Å². The quantitative estimate of drug-likeness (QED) is 0.810. The summed E-state index contributed by atoms with van der Waals surface area (Å²) < 4.78 is 18.7. The Morgan fingerprint density at radius 2 is 2.04 bits per heavy atom. The molecule has 1 aromatic carbocycles. The van der Waals surface area contributed by atoms with Gasteiger partial charge in [0.25, 0.3) is 0 Å².